The molecule has 1 aliphatic rings. The number of amides is 1. The molecule has 1 fully saturated rings. The summed E-state index contributed by atoms with van der Waals surface area (Å²) in [6.07, 6.45) is -0.211. The maximum atomic E-state index is 11.5. The second kappa shape index (κ2) is 3.54. The van der Waals surface area contributed by atoms with E-state index in [0.29, 0.717) is 6.67 Å². The van der Waals surface area contributed by atoms with Crippen molar-refractivity contribution < 1.29 is 9.53 Å². The van der Waals surface area contributed by atoms with E-state index in [1.807, 2.05) is 27.8 Å². The van der Waals surface area contributed by atoms with Crippen molar-refractivity contribution in [3.63, 3.8) is 0 Å². The van der Waals surface area contributed by atoms with Crippen molar-refractivity contribution in [2.24, 2.45) is 0 Å². The fraction of sp³-hybridized carbons (Fsp3) is 0.889. The predicted molar refractivity (Wildman–Crippen MR) is 50.4 cm³/mol. The molecule has 0 aliphatic carbocycles. The number of nitrogens with zero attached hydrogens (tertiary/aromatic N) is 2. The molecule has 0 unspecified atom stereocenters. The highest BCUT2D eigenvalue weighted by molar-refractivity contribution is 5.68. The van der Waals surface area contributed by atoms with Crippen LogP contribution in [0.1, 0.15) is 20.8 Å². The highest BCUT2D eigenvalue weighted by atomic mass is 16.6. The van der Waals surface area contributed by atoms with Gasteiger partial charge in [-0.25, -0.2) is 4.79 Å². The molecule has 0 aromatic rings. The first-order valence-corrected chi connectivity index (χ1v) is 4.55. The van der Waals surface area contributed by atoms with Gasteiger partial charge in [-0.3, -0.25) is 9.80 Å². The van der Waals surface area contributed by atoms with Crippen LogP contribution in [0.5, 0.6) is 0 Å². The smallest absolute Gasteiger partial charge is 0.411 e. The van der Waals surface area contributed by atoms with Crippen LogP contribution >= 0.6 is 0 Å². The molecule has 1 aliphatic heterocycles. The van der Waals surface area contributed by atoms with Gasteiger partial charge in [0.2, 0.25) is 0 Å². The molecule has 0 N–H and O–H groups in total. The molecule has 13 heavy (non-hydrogen) atoms. The lowest BCUT2D eigenvalue weighted by Gasteiger charge is -2.24. The van der Waals surface area contributed by atoms with E-state index in [4.69, 9.17) is 4.74 Å². The minimum absolute atomic E-state index is 0.211. The van der Waals surface area contributed by atoms with Gasteiger partial charge in [0.25, 0.3) is 0 Å². The minimum atomic E-state index is -0.391. The average molecular weight is 186 g/mol. The Labute approximate surface area is 79.4 Å². The summed E-state index contributed by atoms with van der Waals surface area (Å²) in [5, 5.41) is 0. The monoisotopic (exact) mass is 186 g/mol. The van der Waals surface area contributed by atoms with Crippen molar-refractivity contribution in [3.05, 3.63) is 0 Å². The maximum Gasteiger partial charge on any atom is 0.411 e. The Morgan fingerprint density at radius 3 is 2.31 bits per heavy atom. The Hall–Kier alpha value is -0.770. The molecule has 0 spiro atoms. The molecule has 1 rings (SSSR count). The van der Waals surface area contributed by atoms with Crippen LogP contribution < -0.4 is 0 Å². The van der Waals surface area contributed by atoms with Crippen LogP contribution in [0.4, 0.5) is 4.79 Å². The van der Waals surface area contributed by atoms with Gasteiger partial charge in [0.05, 0.1) is 6.67 Å². The quantitative estimate of drug-likeness (QED) is 0.568. The molecule has 1 saturated heterocycles. The molecule has 1 heterocycles. The maximum absolute atomic E-state index is 11.5. The molecule has 0 bridgehead atoms. The van der Waals surface area contributed by atoms with Crippen molar-refractivity contribution in [1.29, 1.82) is 0 Å². The number of hydrogen-bond donors (Lipinski definition) is 0. The average Bonchev–Trinajstić information content (AvgIpc) is 2.31. The summed E-state index contributed by atoms with van der Waals surface area (Å²) in [6, 6.07) is 0. The predicted octanol–water partition coefficient (Wildman–Crippen LogP) is 1.13. The molecule has 76 valence electrons. The Kier molecular flexibility index (Phi) is 2.81. The topological polar surface area (TPSA) is 32.8 Å². The fourth-order valence-corrected chi connectivity index (χ4v) is 1.20. The van der Waals surface area contributed by atoms with E-state index in [9.17, 15) is 4.79 Å². The third kappa shape index (κ3) is 3.22. The van der Waals surface area contributed by atoms with E-state index < -0.39 is 5.60 Å². The molecule has 4 heteroatoms. The van der Waals surface area contributed by atoms with Crippen molar-refractivity contribution in [2.45, 2.75) is 26.4 Å². The van der Waals surface area contributed by atoms with Crippen molar-refractivity contribution >= 4 is 6.09 Å². The molecule has 1 amide bonds. The van der Waals surface area contributed by atoms with Crippen LogP contribution in [0.25, 0.3) is 0 Å². The molecule has 4 nitrogen and oxygen atoms in total. The standard InChI is InChI=1S/C9H18N2O2/c1-9(2,3)13-8(12)11-6-5-10(4)7-11/h5-7H2,1-4H3. The van der Waals surface area contributed by atoms with Crippen LogP contribution in [-0.2, 0) is 4.74 Å². The number of rotatable bonds is 0. The van der Waals surface area contributed by atoms with Crippen molar-refractivity contribution in [2.75, 3.05) is 26.8 Å². The van der Waals surface area contributed by atoms with Crippen molar-refractivity contribution in [1.82, 2.24) is 9.80 Å². The van der Waals surface area contributed by atoms with Gasteiger partial charge >= 0.3 is 6.09 Å². The van der Waals surface area contributed by atoms with Gasteiger partial charge in [-0.1, -0.05) is 0 Å². The molecule has 0 radical (unpaired) electrons. The van der Waals surface area contributed by atoms with E-state index in [2.05, 4.69) is 4.90 Å². The molecule has 0 atom stereocenters. The minimum Gasteiger partial charge on any atom is -0.444 e. The normalized spacial score (nSPS) is 19.2. The summed E-state index contributed by atoms with van der Waals surface area (Å²) < 4.78 is 5.23. The number of ether oxygens (including phenoxy) is 1. The zero-order chi connectivity index (χ0) is 10.1. The molecule has 0 aromatic heterocycles. The van der Waals surface area contributed by atoms with Crippen LogP contribution in [0, 0.1) is 0 Å². The van der Waals surface area contributed by atoms with Gasteiger partial charge in [0.1, 0.15) is 5.60 Å². The molecule has 0 saturated carbocycles. The molecule has 0 aromatic carbocycles. The highest BCUT2D eigenvalue weighted by Crippen LogP contribution is 2.12. The highest BCUT2D eigenvalue weighted by Gasteiger charge is 2.26. The number of carbonyl (C=O) groups is 1. The fourth-order valence-electron chi connectivity index (χ4n) is 1.20. The summed E-state index contributed by atoms with van der Waals surface area (Å²) in [5.74, 6) is 0. The second-order valence-corrected chi connectivity index (χ2v) is 4.46. The van der Waals surface area contributed by atoms with Crippen LogP contribution in [-0.4, -0.2) is 48.3 Å². The molecular formula is C9H18N2O2. The summed E-state index contributed by atoms with van der Waals surface area (Å²) in [5.41, 5.74) is -0.391. The first-order valence-electron chi connectivity index (χ1n) is 4.55. The van der Waals surface area contributed by atoms with Crippen LogP contribution in [0.2, 0.25) is 0 Å². The van der Waals surface area contributed by atoms with E-state index in [1.165, 1.54) is 0 Å². The second-order valence-electron chi connectivity index (χ2n) is 4.46. The summed E-state index contributed by atoms with van der Waals surface area (Å²) >= 11 is 0. The summed E-state index contributed by atoms with van der Waals surface area (Å²) in [6.45, 7) is 8.01. The Bertz CT molecular complexity index is 198. The zero-order valence-corrected chi connectivity index (χ0v) is 8.83. The van der Waals surface area contributed by atoms with Gasteiger partial charge in [-0.05, 0) is 27.8 Å². The Morgan fingerprint density at radius 1 is 1.31 bits per heavy atom. The Balaban J connectivity index is 2.41. The van der Waals surface area contributed by atoms with Gasteiger partial charge in [-0.2, -0.15) is 0 Å². The van der Waals surface area contributed by atoms with Crippen LogP contribution in [0.3, 0.4) is 0 Å². The summed E-state index contributed by atoms with van der Waals surface area (Å²) in [7, 11) is 1.99. The Morgan fingerprint density at radius 2 is 1.92 bits per heavy atom. The van der Waals surface area contributed by atoms with Gasteiger partial charge in [0.15, 0.2) is 0 Å². The third-order valence-corrected chi connectivity index (χ3v) is 1.82. The van der Waals surface area contributed by atoms with E-state index in [0.717, 1.165) is 13.1 Å². The van der Waals surface area contributed by atoms with E-state index in [1.54, 1.807) is 4.90 Å². The first-order chi connectivity index (χ1) is 5.88. The van der Waals surface area contributed by atoms with Crippen LogP contribution in [0.15, 0.2) is 0 Å². The lowest BCUT2D eigenvalue weighted by atomic mass is 10.2. The largest absolute Gasteiger partial charge is 0.444 e. The third-order valence-electron chi connectivity index (χ3n) is 1.82. The van der Waals surface area contributed by atoms with Gasteiger partial charge in [-0.15, -0.1) is 0 Å². The lowest BCUT2D eigenvalue weighted by molar-refractivity contribution is 0.0271. The van der Waals surface area contributed by atoms with Crippen molar-refractivity contribution in [3.8, 4) is 0 Å². The van der Waals surface area contributed by atoms with Gasteiger partial charge < -0.3 is 4.74 Å². The van der Waals surface area contributed by atoms with E-state index >= 15 is 0 Å². The molecular weight excluding hydrogens is 168 g/mol. The lowest BCUT2D eigenvalue weighted by Crippen LogP contribution is -2.36. The first kappa shape index (κ1) is 10.3. The summed E-state index contributed by atoms with van der Waals surface area (Å²) in [4.78, 5) is 15.3. The number of carbonyl (C=O) groups excluding carboxylic acids is 1. The van der Waals surface area contributed by atoms with E-state index in [-0.39, 0.29) is 6.09 Å². The zero-order valence-electron chi connectivity index (χ0n) is 8.83. The van der Waals surface area contributed by atoms with Gasteiger partial charge in [0, 0.05) is 13.1 Å². The number of hydrogen-bond acceptors (Lipinski definition) is 3. The number of likely N-dealkylation sites (N-methyl/N-ethyl adjacent to an activating group) is 1. The SMILES string of the molecule is CN1CCN(C(=O)OC(C)(C)C)C1.